The van der Waals surface area contributed by atoms with E-state index in [1.165, 1.54) is 0 Å². The lowest BCUT2D eigenvalue weighted by Crippen LogP contribution is -2.53. The molecule has 2 heterocycles. The zero-order valence-corrected chi connectivity index (χ0v) is 14.4. The first-order valence-corrected chi connectivity index (χ1v) is 8.57. The first-order chi connectivity index (χ1) is 12.2. The van der Waals surface area contributed by atoms with Crippen LogP contribution in [0.15, 0.2) is 42.7 Å². The quantitative estimate of drug-likeness (QED) is 0.911. The van der Waals surface area contributed by atoms with Crippen molar-refractivity contribution in [3.8, 4) is 5.69 Å². The van der Waals surface area contributed by atoms with Gasteiger partial charge in [0.05, 0.1) is 18.3 Å². The highest BCUT2D eigenvalue weighted by Crippen LogP contribution is 2.10. The second kappa shape index (κ2) is 7.83. The molecule has 1 aliphatic rings. The molecule has 25 heavy (non-hydrogen) atoms. The van der Waals surface area contributed by atoms with Crippen molar-refractivity contribution >= 4 is 11.9 Å². The lowest BCUT2D eigenvalue weighted by molar-refractivity contribution is -0.131. The van der Waals surface area contributed by atoms with Gasteiger partial charge < -0.3 is 15.1 Å². The maximum atomic E-state index is 12.5. The van der Waals surface area contributed by atoms with E-state index in [1.807, 2.05) is 48.4 Å². The fourth-order valence-corrected chi connectivity index (χ4v) is 2.88. The maximum Gasteiger partial charge on any atom is 0.317 e. The summed E-state index contributed by atoms with van der Waals surface area (Å²) in [5.41, 5.74) is 1.86. The Morgan fingerprint density at radius 3 is 2.44 bits per heavy atom. The van der Waals surface area contributed by atoms with Gasteiger partial charge in [-0.15, -0.1) is 0 Å². The van der Waals surface area contributed by atoms with Crippen molar-refractivity contribution in [2.45, 2.75) is 13.3 Å². The molecule has 0 bridgehead atoms. The van der Waals surface area contributed by atoms with Gasteiger partial charge >= 0.3 is 6.03 Å². The van der Waals surface area contributed by atoms with Gasteiger partial charge in [0.15, 0.2) is 0 Å². The van der Waals surface area contributed by atoms with E-state index in [9.17, 15) is 9.59 Å². The van der Waals surface area contributed by atoms with Crippen molar-refractivity contribution in [2.75, 3.05) is 32.7 Å². The third kappa shape index (κ3) is 4.17. The molecule has 7 heteroatoms. The van der Waals surface area contributed by atoms with E-state index >= 15 is 0 Å². The van der Waals surface area contributed by atoms with E-state index in [2.05, 4.69) is 10.4 Å². The highest BCUT2D eigenvalue weighted by molar-refractivity contribution is 5.79. The summed E-state index contributed by atoms with van der Waals surface area (Å²) in [6, 6.07) is 9.75. The monoisotopic (exact) mass is 341 g/mol. The second-order valence-electron chi connectivity index (χ2n) is 6.01. The Kier molecular flexibility index (Phi) is 5.33. The third-order valence-corrected chi connectivity index (χ3v) is 4.26. The summed E-state index contributed by atoms with van der Waals surface area (Å²) in [5, 5.41) is 7.12. The van der Waals surface area contributed by atoms with Gasteiger partial charge in [-0.1, -0.05) is 18.2 Å². The SMILES string of the molecule is CCNC(=O)N1CCN(C(=O)Cc2cnn(-c3ccccc3)c2)CC1. The van der Waals surface area contributed by atoms with Crippen LogP contribution >= 0.6 is 0 Å². The number of para-hydroxylation sites is 1. The first-order valence-electron chi connectivity index (χ1n) is 8.57. The van der Waals surface area contributed by atoms with E-state index in [-0.39, 0.29) is 11.9 Å². The molecule has 1 aliphatic heterocycles. The van der Waals surface area contributed by atoms with E-state index in [0.29, 0.717) is 39.1 Å². The van der Waals surface area contributed by atoms with Crippen LogP contribution in [0.3, 0.4) is 0 Å². The molecule has 0 atom stereocenters. The molecule has 3 rings (SSSR count). The maximum absolute atomic E-state index is 12.5. The number of rotatable bonds is 4. The Labute approximate surface area is 147 Å². The number of carbonyl (C=O) groups excluding carboxylic acids is 2. The Bertz CT molecular complexity index is 720. The van der Waals surface area contributed by atoms with Crippen molar-refractivity contribution in [1.29, 1.82) is 0 Å². The molecule has 1 aromatic carbocycles. The summed E-state index contributed by atoms with van der Waals surface area (Å²) < 4.78 is 1.77. The minimum Gasteiger partial charge on any atom is -0.339 e. The van der Waals surface area contributed by atoms with Gasteiger partial charge in [0, 0.05) is 38.9 Å². The van der Waals surface area contributed by atoms with Gasteiger partial charge in [0.25, 0.3) is 0 Å². The highest BCUT2D eigenvalue weighted by atomic mass is 16.2. The predicted molar refractivity (Wildman–Crippen MR) is 94.5 cm³/mol. The lowest BCUT2D eigenvalue weighted by atomic mass is 10.2. The number of nitrogens with zero attached hydrogens (tertiary/aromatic N) is 4. The number of nitrogens with one attached hydrogen (secondary N) is 1. The van der Waals surface area contributed by atoms with Crippen molar-refractivity contribution in [2.24, 2.45) is 0 Å². The van der Waals surface area contributed by atoms with E-state index in [4.69, 9.17) is 0 Å². The summed E-state index contributed by atoms with van der Waals surface area (Å²) in [5.74, 6) is 0.0724. The summed E-state index contributed by atoms with van der Waals surface area (Å²) in [6.07, 6.45) is 3.95. The molecule has 0 aliphatic carbocycles. The molecule has 1 aromatic heterocycles. The van der Waals surface area contributed by atoms with Crippen LogP contribution in [0, 0.1) is 0 Å². The molecule has 1 N–H and O–H groups in total. The van der Waals surface area contributed by atoms with Crippen molar-refractivity contribution in [3.05, 3.63) is 48.3 Å². The van der Waals surface area contributed by atoms with Gasteiger partial charge in [0.1, 0.15) is 0 Å². The van der Waals surface area contributed by atoms with Crippen LogP contribution < -0.4 is 5.32 Å². The van der Waals surface area contributed by atoms with Crippen LogP contribution in [0.25, 0.3) is 5.69 Å². The molecule has 1 saturated heterocycles. The average molecular weight is 341 g/mol. The molecule has 0 saturated carbocycles. The zero-order valence-electron chi connectivity index (χ0n) is 14.4. The highest BCUT2D eigenvalue weighted by Gasteiger charge is 2.24. The van der Waals surface area contributed by atoms with E-state index in [0.717, 1.165) is 11.3 Å². The normalized spacial score (nSPS) is 14.4. The summed E-state index contributed by atoms with van der Waals surface area (Å²) in [4.78, 5) is 27.9. The minimum absolute atomic E-state index is 0.0567. The molecule has 0 spiro atoms. The van der Waals surface area contributed by atoms with Crippen LogP contribution in [0.5, 0.6) is 0 Å². The minimum atomic E-state index is -0.0567. The third-order valence-electron chi connectivity index (χ3n) is 4.26. The number of hydrogen-bond donors (Lipinski definition) is 1. The Morgan fingerprint density at radius 2 is 1.76 bits per heavy atom. The number of amides is 3. The average Bonchev–Trinajstić information content (AvgIpc) is 3.11. The molecular weight excluding hydrogens is 318 g/mol. The van der Waals surface area contributed by atoms with Crippen LogP contribution in [0.1, 0.15) is 12.5 Å². The van der Waals surface area contributed by atoms with Gasteiger partial charge in [-0.05, 0) is 24.6 Å². The number of benzene rings is 1. The molecule has 2 aromatic rings. The Morgan fingerprint density at radius 1 is 1.08 bits per heavy atom. The fraction of sp³-hybridized carbons (Fsp3) is 0.389. The van der Waals surface area contributed by atoms with Gasteiger partial charge in [-0.25, -0.2) is 9.48 Å². The molecule has 1 fully saturated rings. The molecule has 3 amide bonds. The molecule has 132 valence electrons. The largest absolute Gasteiger partial charge is 0.339 e. The number of aromatic nitrogens is 2. The van der Waals surface area contributed by atoms with E-state index < -0.39 is 0 Å². The lowest BCUT2D eigenvalue weighted by Gasteiger charge is -2.34. The van der Waals surface area contributed by atoms with Crippen molar-refractivity contribution in [3.63, 3.8) is 0 Å². The number of hydrogen-bond acceptors (Lipinski definition) is 3. The zero-order chi connectivity index (χ0) is 17.6. The standard InChI is InChI=1S/C18H23N5O2/c1-2-19-18(25)22-10-8-21(9-11-22)17(24)12-15-13-20-23(14-15)16-6-4-3-5-7-16/h3-7,13-14H,2,8-12H2,1H3,(H,19,25). The van der Waals surface area contributed by atoms with Gasteiger partial charge in [-0.2, -0.15) is 5.10 Å². The van der Waals surface area contributed by atoms with Crippen LogP contribution in [0.2, 0.25) is 0 Å². The van der Waals surface area contributed by atoms with Crippen LogP contribution in [-0.4, -0.2) is 64.2 Å². The number of piperazine rings is 1. The van der Waals surface area contributed by atoms with Crippen LogP contribution in [0.4, 0.5) is 4.79 Å². The van der Waals surface area contributed by atoms with E-state index in [1.54, 1.807) is 15.8 Å². The van der Waals surface area contributed by atoms with Gasteiger partial charge in [0.2, 0.25) is 5.91 Å². The summed E-state index contributed by atoms with van der Waals surface area (Å²) in [7, 11) is 0. The number of urea groups is 1. The topological polar surface area (TPSA) is 70.5 Å². The summed E-state index contributed by atoms with van der Waals surface area (Å²) >= 11 is 0. The van der Waals surface area contributed by atoms with Crippen molar-refractivity contribution in [1.82, 2.24) is 24.9 Å². The Balaban J connectivity index is 1.54. The molecule has 7 nitrogen and oxygen atoms in total. The molecule has 0 radical (unpaired) electrons. The van der Waals surface area contributed by atoms with Crippen molar-refractivity contribution < 1.29 is 9.59 Å². The van der Waals surface area contributed by atoms with Crippen LogP contribution in [-0.2, 0) is 11.2 Å². The first kappa shape index (κ1) is 17.0. The molecular formula is C18H23N5O2. The summed E-state index contributed by atoms with van der Waals surface area (Å²) in [6.45, 7) is 4.80. The van der Waals surface area contributed by atoms with Gasteiger partial charge in [-0.3, -0.25) is 4.79 Å². The second-order valence-corrected chi connectivity index (χ2v) is 6.01. The fourth-order valence-electron chi connectivity index (χ4n) is 2.88. The molecule has 0 unspecified atom stereocenters. The Hall–Kier alpha value is -2.83. The smallest absolute Gasteiger partial charge is 0.317 e. The predicted octanol–water partition coefficient (Wildman–Crippen LogP) is 1.29. The number of carbonyl (C=O) groups is 2.